The second-order valence-corrected chi connectivity index (χ2v) is 11.9. The van der Waals surface area contributed by atoms with Crippen LogP contribution in [0.2, 0.25) is 0 Å². The number of nitrogens with one attached hydrogen (secondary N) is 1. The van der Waals surface area contributed by atoms with Crippen molar-refractivity contribution in [3.8, 4) is 11.4 Å². The summed E-state index contributed by atoms with van der Waals surface area (Å²) < 4.78 is 52.4. The number of benzene rings is 1. The summed E-state index contributed by atoms with van der Waals surface area (Å²) in [4.78, 5) is 28.0. The number of amides is 1. The number of carbonyl (C=O) groups excluding carboxylic acids is 1. The lowest BCUT2D eigenvalue weighted by atomic mass is 10.0. The second-order valence-electron chi connectivity index (χ2n) is 9.96. The number of rotatable bonds is 6. The Bertz CT molecular complexity index is 1710. The number of sulfone groups is 1. The van der Waals surface area contributed by atoms with Gasteiger partial charge in [0.05, 0.1) is 46.6 Å². The number of hydrogen-bond acceptors (Lipinski definition) is 8. The molecule has 1 fully saturated rings. The summed E-state index contributed by atoms with van der Waals surface area (Å²) in [6.45, 7) is 1.67. The monoisotopic (exact) mass is 566 g/mol. The summed E-state index contributed by atoms with van der Waals surface area (Å²) >= 11 is 0. The fraction of sp³-hybridized carbons (Fsp3) is 0.286. The smallest absolute Gasteiger partial charge is 0.280 e. The molecule has 1 aliphatic heterocycles. The second kappa shape index (κ2) is 10.5. The number of nitrogens with zero attached hydrogens (tertiary/aromatic N) is 4. The molecule has 4 aromatic rings. The average Bonchev–Trinajstić information content (AvgIpc) is 2.92. The van der Waals surface area contributed by atoms with Gasteiger partial charge in [0.2, 0.25) is 0 Å². The molecule has 5 rings (SSSR count). The lowest BCUT2D eigenvalue weighted by molar-refractivity contribution is -0.0301. The van der Waals surface area contributed by atoms with Crippen molar-refractivity contribution in [1.29, 1.82) is 0 Å². The van der Waals surface area contributed by atoms with Crippen LogP contribution >= 0.6 is 0 Å². The fourth-order valence-electron chi connectivity index (χ4n) is 4.61. The number of aryl methyl sites for hydroxylation is 1. The van der Waals surface area contributed by atoms with Gasteiger partial charge in [-0.2, -0.15) is 0 Å². The Labute approximate surface area is 230 Å². The number of alkyl halides is 2. The number of anilines is 1. The fourth-order valence-corrected chi connectivity index (χ4v) is 5.60. The largest absolute Gasteiger partial charge is 0.350 e. The van der Waals surface area contributed by atoms with Crippen LogP contribution in [0.15, 0.2) is 65.7 Å². The third-order valence-corrected chi connectivity index (χ3v) is 8.12. The molecular weight excluding hydrogens is 538 g/mol. The van der Waals surface area contributed by atoms with Crippen LogP contribution in [-0.4, -0.2) is 60.6 Å². The van der Waals surface area contributed by atoms with Gasteiger partial charge in [-0.05, 0) is 61.4 Å². The van der Waals surface area contributed by atoms with Crippen LogP contribution < -0.4 is 16.0 Å². The van der Waals surface area contributed by atoms with E-state index in [1.165, 1.54) is 11.0 Å². The van der Waals surface area contributed by atoms with Gasteiger partial charge >= 0.3 is 0 Å². The van der Waals surface area contributed by atoms with Crippen molar-refractivity contribution in [2.75, 3.05) is 24.2 Å². The quantitative estimate of drug-likeness (QED) is 0.363. The first-order chi connectivity index (χ1) is 18.9. The maximum Gasteiger partial charge on any atom is 0.280 e. The topological polar surface area (TPSA) is 131 Å². The Morgan fingerprint density at radius 3 is 2.65 bits per heavy atom. The van der Waals surface area contributed by atoms with Crippen molar-refractivity contribution in [1.82, 2.24) is 20.3 Å². The molecule has 1 aromatic carbocycles. The Kier molecular flexibility index (Phi) is 7.23. The molecule has 0 aliphatic carbocycles. The maximum atomic E-state index is 14.2. The molecule has 0 saturated carbocycles. The Morgan fingerprint density at radius 2 is 1.90 bits per heavy atom. The van der Waals surface area contributed by atoms with E-state index < -0.39 is 34.3 Å². The van der Waals surface area contributed by atoms with E-state index in [2.05, 4.69) is 15.3 Å². The van der Waals surface area contributed by atoms with E-state index in [1.54, 1.807) is 55.6 Å². The van der Waals surface area contributed by atoms with Gasteiger partial charge in [-0.25, -0.2) is 27.2 Å². The first-order valence-corrected chi connectivity index (χ1v) is 14.5. The zero-order valence-corrected chi connectivity index (χ0v) is 22.8. The minimum absolute atomic E-state index is 0.0990. The van der Waals surface area contributed by atoms with E-state index in [9.17, 15) is 22.0 Å². The molecule has 12 heteroatoms. The lowest BCUT2D eigenvalue weighted by Crippen LogP contribution is -2.55. The van der Waals surface area contributed by atoms with Gasteiger partial charge in [0, 0.05) is 29.9 Å². The molecular formula is C28H28F2N6O3S. The van der Waals surface area contributed by atoms with E-state index in [0.717, 1.165) is 11.6 Å². The van der Waals surface area contributed by atoms with Crippen molar-refractivity contribution in [2.45, 2.75) is 36.7 Å². The summed E-state index contributed by atoms with van der Waals surface area (Å²) in [5, 5.41) is 3.54. The number of piperidine rings is 1. The highest BCUT2D eigenvalue weighted by atomic mass is 32.2. The number of halogens is 2. The molecule has 1 saturated heterocycles. The third-order valence-electron chi connectivity index (χ3n) is 6.89. The predicted molar refractivity (Wildman–Crippen MR) is 148 cm³/mol. The van der Waals surface area contributed by atoms with Crippen LogP contribution in [0.25, 0.3) is 22.3 Å². The highest BCUT2D eigenvalue weighted by Crippen LogP contribution is 2.30. The highest BCUT2D eigenvalue weighted by Gasteiger charge is 2.42. The number of fused-ring (bicyclic) bond motifs is 1. The number of nitrogens with two attached hydrogens (primary N) is 1. The summed E-state index contributed by atoms with van der Waals surface area (Å²) in [7, 11) is -3.47. The molecule has 1 aliphatic rings. The Balaban J connectivity index is 1.34. The molecule has 0 radical (unpaired) electrons. The number of pyridine rings is 3. The van der Waals surface area contributed by atoms with Crippen LogP contribution in [-0.2, 0) is 16.4 Å². The zero-order valence-electron chi connectivity index (χ0n) is 21.9. The standard InChI is InChI=1S/C28H28F2N6O3S/c1-17-6-7-18(12-24(17)40(2,38)39)27(37)33-15-20-13-23-19(14-32-20)8-9-22(34-23)21-4-3-5-26(35-21)36-11-10-25(31)28(29,30)16-36/h3-9,12-14,25H,10-11,15-16,31H2,1-2H3,(H,33,37). The van der Waals surface area contributed by atoms with Gasteiger partial charge in [-0.1, -0.05) is 12.1 Å². The van der Waals surface area contributed by atoms with Gasteiger partial charge in [0.25, 0.3) is 11.8 Å². The summed E-state index contributed by atoms with van der Waals surface area (Å²) in [5.74, 6) is -3.00. The maximum absolute atomic E-state index is 14.2. The van der Waals surface area contributed by atoms with Gasteiger partial charge in [0.1, 0.15) is 5.82 Å². The van der Waals surface area contributed by atoms with Crippen LogP contribution in [0.4, 0.5) is 14.6 Å². The van der Waals surface area contributed by atoms with Crippen molar-refractivity contribution in [2.24, 2.45) is 5.73 Å². The van der Waals surface area contributed by atoms with E-state index in [0.29, 0.717) is 40.5 Å². The average molecular weight is 567 g/mol. The molecule has 0 spiro atoms. The van der Waals surface area contributed by atoms with E-state index in [1.807, 2.05) is 6.07 Å². The predicted octanol–water partition coefficient (Wildman–Crippen LogP) is 3.51. The van der Waals surface area contributed by atoms with E-state index in [4.69, 9.17) is 10.7 Å². The molecule has 40 heavy (non-hydrogen) atoms. The molecule has 3 aromatic heterocycles. The summed E-state index contributed by atoms with van der Waals surface area (Å²) in [5.41, 5.74) is 8.63. The highest BCUT2D eigenvalue weighted by molar-refractivity contribution is 7.90. The molecule has 1 atom stereocenters. The van der Waals surface area contributed by atoms with Crippen molar-refractivity contribution >= 4 is 32.5 Å². The lowest BCUT2D eigenvalue weighted by Gasteiger charge is -2.37. The molecule has 4 heterocycles. The molecule has 1 unspecified atom stereocenters. The first kappa shape index (κ1) is 27.5. The normalized spacial score (nSPS) is 17.1. The number of carbonyl (C=O) groups is 1. The molecule has 1 amide bonds. The van der Waals surface area contributed by atoms with Crippen molar-refractivity contribution in [3.63, 3.8) is 0 Å². The molecule has 208 valence electrons. The van der Waals surface area contributed by atoms with Crippen molar-refractivity contribution < 1.29 is 22.0 Å². The first-order valence-electron chi connectivity index (χ1n) is 12.6. The van der Waals surface area contributed by atoms with Crippen LogP contribution in [0.1, 0.15) is 28.0 Å². The van der Waals surface area contributed by atoms with Crippen molar-refractivity contribution in [3.05, 3.63) is 77.6 Å². The summed E-state index contributed by atoms with van der Waals surface area (Å²) in [6, 6.07) is 13.9. The third kappa shape index (κ3) is 5.77. The van der Waals surface area contributed by atoms with Gasteiger partial charge in [-0.15, -0.1) is 0 Å². The molecule has 3 N–H and O–H groups in total. The molecule has 9 nitrogen and oxygen atoms in total. The van der Waals surface area contributed by atoms with Gasteiger partial charge < -0.3 is 16.0 Å². The van der Waals surface area contributed by atoms with Gasteiger partial charge in [-0.3, -0.25) is 9.78 Å². The number of aromatic nitrogens is 3. The zero-order chi connectivity index (χ0) is 28.7. The minimum Gasteiger partial charge on any atom is -0.350 e. The summed E-state index contributed by atoms with van der Waals surface area (Å²) in [6.07, 6.45) is 2.91. The van der Waals surface area contributed by atoms with Gasteiger partial charge in [0.15, 0.2) is 9.84 Å². The van der Waals surface area contributed by atoms with Crippen LogP contribution in [0.3, 0.4) is 0 Å². The van der Waals surface area contributed by atoms with Crippen LogP contribution in [0, 0.1) is 6.92 Å². The molecule has 0 bridgehead atoms. The van der Waals surface area contributed by atoms with E-state index >= 15 is 0 Å². The Hall–Kier alpha value is -4.03. The number of hydrogen-bond donors (Lipinski definition) is 2. The SMILES string of the molecule is Cc1ccc(C(=O)NCc2cc3nc(-c4cccc(N5CCC(N)C(F)(F)C5)n4)ccc3cn2)cc1S(C)(=O)=O. The Morgan fingerprint density at radius 1 is 1.12 bits per heavy atom. The van der Waals surface area contributed by atoms with E-state index in [-0.39, 0.29) is 23.4 Å². The van der Waals surface area contributed by atoms with Crippen LogP contribution in [0.5, 0.6) is 0 Å². The minimum atomic E-state index is -3.47.